The predicted octanol–water partition coefficient (Wildman–Crippen LogP) is 4.29. The van der Waals surface area contributed by atoms with Gasteiger partial charge in [-0.1, -0.05) is 23.7 Å². The average molecular weight is 303 g/mol. The first kappa shape index (κ1) is 13.6. The van der Waals surface area contributed by atoms with Crippen molar-refractivity contribution in [2.24, 2.45) is 4.99 Å². The normalized spacial score (nSPS) is 11.5. The number of hydrogen-bond donors (Lipinski definition) is 2. The van der Waals surface area contributed by atoms with Crippen molar-refractivity contribution in [1.82, 2.24) is 4.98 Å². The Hall–Kier alpha value is -2.33. The maximum atomic E-state index is 13.3. The van der Waals surface area contributed by atoms with Crippen LogP contribution in [0.2, 0.25) is 5.02 Å². The van der Waals surface area contributed by atoms with Crippen molar-refractivity contribution in [3.05, 3.63) is 64.4 Å². The molecule has 0 aliphatic rings. The Balaban J connectivity index is 1.87. The molecule has 1 heterocycles. The highest BCUT2D eigenvalue weighted by atomic mass is 35.5. The Kier molecular flexibility index (Phi) is 3.62. The maximum Gasteiger partial charge on any atom is 0.198 e. The number of aromatic hydroxyl groups is 1. The molecule has 0 spiro atoms. The summed E-state index contributed by atoms with van der Waals surface area (Å²) in [5.74, 6) is -0.371. The number of benzene rings is 2. The molecule has 0 unspecified atom stereocenters. The molecule has 0 saturated carbocycles. The Labute approximate surface area is 125 Å². The zero-order valence-corrected chi connectivity index (χ0v) is 11.7. The largest absolute Gasteiger partial charge is 0.494 e. The molecule has 106 valence electrons. The molecule has 0 radical (unpaired) electrons. The SMILES string of the molecule is Oc1[nH]c2ccc(F)cc2c1C=NCc1ccc(Cl)cc1. The van der Waals surface area contributed by atoms with Crippen LogP contribution in [0.5, 0.6) is 5.88 Å². The summed E-state index contributed by atoms with van der Waals surface area (Å²) in [5.41, 5.74) is 2.15. The molecular weight excluding hydrogens is 291 g/mol. The molecule has 1 aromatic heterocycles. The minimum atomic E-state index is -0.353. The molecule has 21 heavy (non-hydrogen) atoms. The van der Waals surface area contributed by atoms with Crippen LogP contribution in [0.15, 0.2) is 47.5 Å². The smallest absolute Gasteiger partial charge is 0.198 e. The van der Waals surface area contributed by atoms with Gasteiger partial charge in [0, 0.05) is 22.1 Å². The molecule has 0 aliphatic carbocycles. The molecule has 0 saturated heterocycles. The third kappa shape index (κ3) is 2.90. The van der Waals surface area contributed by atoms with Crippen LogP contribution in [0.1, 0.15) is 11.1 Å². The van der Waals surface area contributed by atoms with Crippen molar-refractivity contribution in [3.8, 4) is 5.88 Å². The summed E-state index contributed by atoms with van der Waals surface area (Å²) >= 11 is 5.82. The van der Waals surface area contributed by atoms with Gasteiger partial charge in [0.05, 0.1) is 12.1 Å². The standard InChI is InChI=1S/C16H12ClFN2O/c17-11-3-1-10(2-4-11)8-19-9-14-13-7-12(18)5-6-15(13)20-16(14)21/h1-7,9,20-21H,8H2. The summed E-state index contributed by atoms with van der Waals surface area (Å²) in [6.45, 7) is 0.457. The van der Waals surface area contributed by atoms with E-state index in [9.17, 15) is 9.50 Å². The van der Waals surface area contributed by atoms with Crippen LogP contribution in [0.25, 0.3) is 10.9 Å². The van der Waals surface area contributed by atoms with Gasteiger partial charge in [-0.05, 0) is 35.9 Å². The molecule has 3 nitrogen and oxygen atoms in total. The van der Waals surface area contributed by atoms with Gasteiger partial charge in [-0.3, -0.25) is 4.99 Å². The number of aliphatic imine (C=N–C) groups is 1. The van der Waals surface area contributed by atoms with Gasteiger partial charge in [-0.25, -0.2) is 4.39 Å². The van der Waals surface area contributed by atoms with E-state index in [0.29, 0.717) is 28.0 Å². The highest BCUT2D eigenvalue weighted by Crippen LogP contribution is 2.26. The molecule has 2 aromatic carbocycles. The van der Waals surface area contributed by atoms with Gasteiger partial charge in [-0.15, -0.1) is 0 Å². The highest BCUT2D eigenvalue weighted by Gasteiger charge is 2.09. The molecule has 0 fully saturated rings. The second-order valence-electron chi connectivity index (χ2n) is 4.67. The molecule has 0 amide bonds. The van der Waals surface area contributed by atoms with E-state index in [1.165, 1.54) is 12.1 Å². The topological polar surface area (TPSA) is 48.4 Å². The van der Waals surface area contributed by atoms with E-state index < -0.39 is 0 Å². The Morgan fingerprint density at radius 1 is 1.19 bits per heavy atom. The second-order valence-corrected chi connectivity index (χ2v) is 5.11. The van der Waals surface area contributed by atoms with Crippen LogP contribution in [0.3, 0.4) is 0 Å². The Bertz CT molecular complexity index is 809. The lowest BCUT2D eigenvalue weighted by atomic mass is 10.2. The van der Waals surface area contributed by atoms with Gasteiger partial charge < -0.3 is 10.1 Å². The van der Waals surface area contributed by atoms with E-state index in [0.717, 1.165) is 5.56 Å². The number of fused-ring (bicyclic) bond motifs is 1. The maximum absolute atomic E-state index is 13.3. The summed E-state index contributed by atoms with van der Waals surface area (Å²) in [7, 11) is 0. The Morgan fingerprint density at radius 2 is 1.95 bits per heavy atom. The van der Waals surface area contributed by atoms with Crippen LogP contribution in [0, 0.1) is 5.82 Å². The van der Waals surface area contributed by atoms with Crippen LogP contribution < -0.4 is 0 Å². The molecule has 3 rings (SSSR count). The van der Waals surface area contributed by atoms with Crippen LogP contribution >= 0.6 is 11.6 Å². The van der Waals surface area contributed by atoms with E-state index in [1.807, 2.05) is 12.1 Å². The molecule has 2 N–H and O–H groups in total. The molecule has 5 heteroatoms. The first-order valence-electron chi connectivity index (χ1n) is 6.38. The average Bonchev–Trinajstić information content (AvgIpc) is 2.77. The third-order valence-corrected chi connectivity index (χ3v) is 3.44. The van der Waals surface area contributed by atoms with Crippen LogP contribution in [0.4, 0.5) is 4.39 Å². The van der Waals surface area contributed by atoms with E-state index in [-0.39, 0.29) is 11.7 Å². The van der Waals surface area contributed by atoms with Crippen molar-refractivity contribution >= 4 is 28.7 Å². The lowest BCUT2D eigenvalue weighted by molar-refractivity contribution is 0.457. The molecule has 0 bridgehead atoms. The summed E-state index contributed by atoms with van der Waals surface area (Å²) in [6, 6.07) is 11.7. The van der Waals surface area contributed by atoms with Gasteiger partial charge in [-0.2, -0.15) is 0 Å². The van der Waals surface area contributed by atoms with Gasteiger partial charge >= 0.3 is 0 Å². The zero-order valence-electron chi connectivity index (χ0n) is 11.0. The van der Waals surface area contributed by atoms with Crippen molar-refractivity contribution in [2.45, 2.75) is 6.54 Å². The number of nitrogens with zero attached hydrogens (tertiary/aromatic N) is 1. The minimum Gasteiger partial charge on any atom is -0.494 e. The van der Waals surface area contributed by atoms with Gasteiger partial charge in [0.15, 0.2) is 5.88 Å². The molecule has 3 aromatic rings. The van der Waals surface area contributed by atoms with Crippen molar-refractivity contribution in [2.75, 3.05) is 0 Å². The predicted molar refractivity (Wildman–Crippen MR) is 82.7 cm³/mol. The van der Waals surface area contributed by atoms with Gasteiger partial charge in [0.25, 0.3) is 0 Å². The quantitative estimate of drug-likeness (QED) is 0.697. The summed E-state index contributed by atoms with van der Waals surface area (Å²) in [4.78, 5) is 7.07. The lowest BCUT2D eigenvalue weighted by Gasteiger charge is -1.97. The zero-order chi connectivity index (χ0) is 14.8. The fourth-order valence-corrected chi connectivity index (χ4v) is 2.26. The van der Waals surface area contributed by atoms with Crippen LogP contribution in [-0.4, -0.2) is 16.3 Å². The first-order chi connectivity index (χ1) is 10.1. The van der Waals surface area contributed by atoms with Crippen molar-refractivity contribution in [1.29, 1.82) is 0 Å². The number of aromatic nitrogens is 1. The number of aromatic amines is 1. The van der Waals surface area contributed by atoms with E-state index in [4.69, 9.17) is 11.6 Å². The van der Waals surface area contributed by atoms with Crippen molar-refractivity contribution < 1.29 is 9.50 Å². The van der Waals surface area contributed by atoms with Gasteiger partial charge in [0.2, 0.25) is 0 Å². The first-order valence-corrected chi connectivity index (χ1v) is 6.76. The van der Waals surface area contributed by atoms with Crippen molar-refractivity contribution in [3.63, 3.8) is 0 Å². The number of H-pyrrole nitrogens is 1. The monoisotopic (exact) mass is 302 g/mol. The van der Waals surface area contributed by atoms with Crippen LogP contribution in [-0.2, 0) is 6.54 Å². The van der Waals surface area contributed by atoms with E-state index in [1.54, 1.807) is 24.4 Å². The summed E-state index contributed by atoms with van der Waals surface area (Å²) in [6.07, 6.45) is 1.54. The second kappa shape index (κ2) is 5.58. The van der Waals surface area contributed by atoms with E-state index >= 15 is 0 Å². The third-order valence-electron chi connectivity index (χ3n) is 3.19. The number of hydrogen-bond acceptors (Lipinski definition) is 2. The van der Waals surface area contributed by atoms with E-state index in [2.05, 4.69) is 9.98 Å². The summed E-state index contributed by atoms with van der Waals surface area (Å²) < 4.78 is 13.3. The number of halogens is 2. The number of rotatable bonds is 3. The number of nitrogens with one attached hydrogen (secondary N) is 1. The molecular formula is C16H12ClFN2O. The molecule has 0 aliphatic heterocycles. The molecule has 0 atom stereocenters. The Morgan fingerprint density at radius 3 is 2.71 bits per heavy atom. The highest BCUT2D eigenvalue weighted by molar-refractivity contribution is 6.30. The summed E-state index contributed by atoms with van der Waals surface area (Å²) in [5, 5.41) is 11.1. The fourth-order valence-electron chi connectivity index (χ4n) is 2.13. The fraction of sp³-hybridized carbons (Fsp3) is 0.0625. The van der Waals surface area contributed by atoms with Gasteiger partial charge in [0.1, 0.15) is 5.82 Å². The minimum absolute atomic E-state index is 0.0181. The lowest BCUT2D eigenvalue weighted by Crippen LogP contribution is -1.84.